The van der Waals surface area contributed by atoms with Crippen molar-refractivity contribution in [1.82, 2.24) is 0 Å². The van der Waals surface area contributed by atoms with Crippen molar-refractivity contribution >= 4 is 17.9 Å². The molecule has 198 valence electrons. The predicted molar refractivity (Wildman–Crippen MR) is 146 cm³/mol. The third-order valence-corrected chi connectivity index (χ3v) is 6.27. The second kappa shape index (κ2) is 17.5. The van der Waals surface area contributed by atoms with Crippen molar-refractivity contribution in [2.75, 3.05) is 6.61 Å². The van der Waals surface area contributed by atoms with Gasteiger partial charge in [-0.15, -0.1) is 0 Å². The van der Waals surface area contributed by atoms with E-state index in [1.165, 1.54) is 89.3 Å². The van der Waals surface area contributed by atoms with Crippen LogP contribution in [0.25, 0.3) is 0 Å². The van der Waals surface area contributed by atoms with Gasteiger partial charge >= 0.3 is 11.6 Å². The van der Waals surface area contributed by atoms with E-state index in [0.717, 1.165) is 12.8 Å². The van der Waals surface area contributed by atoms with Gasteiger partial charge in [-0.2, -0.15) is 0 Å². The van der Waals surface area contributed by atoms with Gasteiger partial charge in [0, 0.05) is 12.3 Å². The summed E-state index contributed by atoms with van der Waals surface area (Å²) in [5.74, 6) is -0.208. The number of carbonyl (C=O) groups is 1. The first-order valence-corrected chi connectivity index (χ1v) is 13.7. The Labute approximate surface area is 215 Å². The summed E-state index contributed by atoms with van der Waals surface area (Å²) >= 11 is 0. The highest BCUT2D eigenvalue weighted by molar-refractivity contribution is 5.90. The van der Waals surface area contributed by atoms with Crippen molar-refractivity contribution in [1.29, 1.82) is 0 Å². The summed E-state index contributed by atoms with van der Waals surface area (Å²) in [5.41, 5.74) is 0.326. The van der Waals surface area contributed by atoms with Crippen LogP contribution in [0.4, 0.5) is 5.69 Å². The van der Waals surface area contributed by atoms with Gasteiger partial charge in [-0.1, -0.05) is 90.4 Å². The zero-order chi connectivity index (χ0) is 26.0. The second-order valence-corrected chi connectivity index (χ2v) is 9.48. The molecule has 1 heterocycles. The minimum Gasteiger partial charge on any atom is -0.507 e. The van der Waals surface area contributed by atoms with Crippen molar-refractivity contribution in [2.24, 2.45) is 4.99 Å². The molecule has 0 aliphatic rings. The highest BCUT2D eigenvalue weighted by Gasteiger charge is 2.08. The normalized spacial score (nSPS) is 11.3. The van der Waals surface area contributed by atoms with Gasteiger partial charge in [0.15, 0.2) is 0 Å². The van der Waals surface area contributed by atoms with Crippen LogP contribution in [0.2, 0.25) is 0 Å². The van der Waals surface area contributed by atoms with Crippen molar-refractivity contribution in [3.05, 3.63) is 57.6 Å². The van der Waals surface area contributed by atoms with Gasteiger partial charge in [0.1, 0.15) is 17.1 Å². The fourth-order valence-electron chi connectivity index (χ4n) is 4.09. The molecular formula is C30H43NO5. The van der Waals surface area contributed by atoms with Crippen LogP contribution in [0.15, 0.2) is 44.5 Å². The summed E-state index contributed by atoms with van der Waals surface area (Å²) in [7, 11) is 0. The van der Waals surface area contributed by atoms with Gasteiger partial charge < -0.3 is 14.3 Å². The van der Waals surface area contributed by atoms with E-state index in [2.05, 4.69) is 11.9 Å². The number of esters is 1. The SMILES string of the molecule is CCCCCCCCCCCCCCCCOC(=O)c1ccc(N=Cc2c(O)cc(C)oc2=O)cc1. The highest BCUT2D eigenvalue weighted by Crippen LogP contribution is 2.17. The molecule has 0 atom stereocenters. The summed E-state index contributed by atoms with van der Waals surface area (Å²) in [6, 6.07) is 7.95. The lowest BCUT2D eigenvalue weighted by atomic mass is 10.0. The number of rotatable bonds is 18. The van der Waals surface area contributed by atoms with Crippen LogP contribution in [0.1, 0.15) is 118 Å². The number of benzene rings is 1. The van der Waals surface area contributed by atoms with Gasteiger partial charge in [-0.25, -0.2) is 9.59 Å². The van der Waals surface area contributed by atoms with Crippen molar-refractivity contribution < 1.29 is 19.1 Å². The molecule has 0 saturated heterocycles. The van der Waals surface area contributed by atoms with E-state index < -0.39 is 5.63 Å². The number of aromatic hydroxyl groups is 1. The summed E-state index contributed by atoms with van der Waals surface area (Å²) in [5, 5.41) is 9.89. The maximum Gasteiger partial charge on any atom is 0.348 e. The van der Waals surface area contributed by atoms with Crippen LogP contribution < -0.4 is 5.63 Å². The second-order valence-electron chi connectivity index (χ2n) is 9.48. The molecule has 6 nitrogen and oxygen atoms in total. The molecule has 0 saturated carbocycles. The topological polar surface area (TPSA) is 89.1 Å². The molecule has 2 aromatic rings. The van der Waals surface area contributed by atoms with E-state index in [-0.39, 0.29) is 17.3 Å². The summed E-state index contributed by atoms with van der Waals surface area (Å²) in [4.78, 5) is 28.2. The number of carbonyl (C=O) groups excluding carboxylic acids is 1. The van der Waals surface area contributed by atoms with Crippen molar-refractivity contribution in [3.8, 4) is 5.75 Å². The van der Waals surface area contributed by atoms with Crippen LogP contribution >= 0.6 is 0 Å². The first kappa shape index (κ1) is 29.3. The third-order valence-electron chi connectivity index (χ3n) is 6.27. The maximum absolute atomic E-state index is 12.2. The zero-order valence-corrected chi connectivity index (χ0v) is 22.1. The van der Waals surface area contributed by atoms with E-state index in [1.807, 2.05) is 0 Å². The van der Waals surface area contributed by atoms with Crippen molar-refractivity contribution in [3.63, 3.8) is 0 Å². The van der Waals surface area contributed by atoms with Gasteiger partial charge in [0.25, 0.3) is 0 Å². The molecule has 0 bridgehead atoms. The quantitative estimate of drug-likeness (QED) is 0.128. The molecule has 0 unspecified atom stereocenters. The lowest BCUT2D eigenvalue weighted by Crippen LogP contribution is -2.07. The minimum absolute atomic E-state index is 0.0164. The molecule has 0 aliphatic carbocycles. The Morgan fingerprint density at radius 1 is 0.889 bits per heavy atom. The van der Waals surface area contributed by atoms with E-state index >= 15 is 0 Å². The number of aryl methyl sites for hydroxylation is 1. The average Bonchev–Trinajstić information content (AvgIpc) is 2.86. The molecule has 0 aliphatic heterocycles. The Hall–Kier alpha value is -2.89. The molecule has 1 N–H and O–H groups in total. The first-order valence-electron chi connectivity index (χ1n) is 13.7. The van der Waals surface area contributed by atoms with Crippen LogP contribution in [0.5, 0.6) is 5.75 Å². The molecule has 1 aromatic heterocycles. The summed E-state index contributed by atoms with van der Waals surface area (Å²) < 4.78 is 10.3. The van der Waals surface area contributed by atoms with Crippen LogP contribution in [0, 0.1) is 6.92 Å². The molecule has 0 fully saturated rings. The molecule has 2 rings (SSSR count). The Balaban J connectivity index is 1.54. The highest BCUT2D eigenvalue weighted by atomic mass is 16.5. The Kier molecular flexibility index (Phi) is 14.3. The number of nitrogens with zero attached hydrogens (tertiary/aromatic N) is 1. The van der Waals surface area contributed by atoms with Gasteiger partial charge in [-0.3, -0.25) is 4.99 Å². The average molecular weight is 498 g/mol. The fourth-order valence-corrected chi connectivity index (χ4v) is 4.09. The van der Waals surface area contributed by atoms with Crippen molar-refractivity contribution in [2.45, 2.75) is 104 Å². The van der Waals surface area contributed by atoms with E-state index in [1.54, 1.807) is 31.2 Å². The zero-order valence-electron chi connectivity index (χ0n) is 22.1. The Morgan fingerprint density at radius 2 is 1.42 bits per heavy atom. The number of unbranched alkanes of at least 4 members (excludes halogenated alkanes) is 13. The maximum atomic E-state index is 12.2. The van der Waals surface area contributed by atoms with Crippen LogP contribution in [-0.4, -0.2) is 23.9 Å². The largest absolute Gasteiger partial charge is 0.507 e. The van der Waals surface area contributed by atoms with Gasteiger partial charge in [0.2, 0.25) is 0 Å². The monoisotopic (exact) mass is 497 g/mol. The molecule has 0 radical (unpaired) electrons. The molecule has 0 amide bonds. The third kappa shape index (κ3) is 11.7. The summed E-state index contributed by atoms with van der Waals surface area (Å²) in [6.45, 7) is 4.27. The Bertz CT molecular complexity index is 978. The number of ether oxygens (including phenoxy) is 1. The van der Waals surface area contributed by atoms with Gasteiger partial charge in [-0.05, 0) is 37.6 Å². The minimum atomic E-state index is -0.653. The fraction of sp³-hybridized carbons (Fsp3) is 0.567. The molecule has 36 heavy (non-hydrogen) atoms. The lowest BCUT2D eigenvalue weighted by Gasteiger charge is -2.06. The predicted octanol–water partition coefficient (Wildman–Crippen LogP) is 8.04. The van der Waals surface area contributed by atoms with E-state index in [0.29, 0.717) is 23.6 Å². The Morgan fingerprint density at radius 3 is 1.94 bits per heavy atom. The first-order chi connectivity index (χ1) is 17.5. The lowest BCUT2D eigenvalue weighted by molar-refractivity contribution is 0.0497. The molecule has 0 spiro atoms. The molecule has 6 heteroatoms. The van der Waals surface area contributed by atoms with Gasteiger partial charge in [0.05, 0.1) is 17.9 Å². The molecule has 1 aromatic carbocycles. The van der Waals surface area contributed by atoms with E-state index in [9.17, 15) is 14.7 Å². The number of aliphatic imine (C=N–C) groups is 1. The summed E-state index contributed by atoms with van der Waals surface area (Å²) in [6.07, 6.45) is 19.3. The van der Waals surface area contributed by atoms with Crippen LogP contribution in [-0.2, 0) is 4.74 Å². The standard InChI is InChI=1S/C30H43NO5/c1-3-4-5-6-7-8-9-10-11-12-13-14-15-16-21-35-29(33)25-17-19-26(20-18-25)31-23-27-28(32)22-24(2)36-30(27)34/h17-20,22-23,32H,3-16,21H2,1-2H3. The van der Waals surface area contributed by atoms with Crippen LogP contribution in [0.3, 0.4) is 0 Å². The number of hydrogen-bond acceptors (Lipinski definition) is 6. The smallest absolute Gasteiger partial charge is 0.348 e. The number of hydrogen-bond donors (Lipinski definition) is 1. The molecular weight excluding hydrogens is 454 g/mol. The van der Waals surface area contributed by atoms with E-state index in [4.69, 9.17) is 9.15 Å².